The van der Waals surface area contributed by atoms with Gasteiger partial charge < -0.3 is 19.7 Å². The highest BCUT2D eigenvalue weighted by atomic mass is 19.1. The zero-order chi connectivity index (χ0) is 22.5. The summed E-state index contributed by atoms with van der Waals surface area (Å²) in [5, 5.41) is 2.61. The van der Waals surface area contributed by atoms with E-state index in [2.05, 4.69) is 5.32 Å². The van der Waals surface area contributed by atoms with Crippen LogP contribution < -0.4 is 15.1 Å². The Kier molecular flexibility index (Phi) is 7.14. The Balaban J connectivity index is 1.64. The Morgan fingerprint density at radius 2 is 1.97 bits per heavy atom. The predicted octanol–water partition coefficient (Wildman–Crippen LogP) is 2.77. The molecule has 1 N–H and O–H groups in total. The normalized spacial score (nSPS) is 18.6. The van der Waals surface area contributed by atoms with Gasteiger partial charge in [-0.1, -0.05) is 5.57 Å². The van der Waals surface area contributed by atoms with Crippen molar-refractivity contribution < 1.29 is 28.2 Å². The fraction of sp³-hybridized carbons (Fsp3) is 0.500. The number of cyclic esters (lactones) is 1. The molecule has 0 bridgehead atoms. The van der Waals surface area contributed by atoms with Crippen molar-refractivity contribution in [1.82, 2.24) is 5.32 Å². The minimum Gasteiger partial charge on any atom is -0.463 e. The zero-order valence-corrected chi connectivity index (χ0v) is 18.1. The Morgan fingerprint density at radius 1 is 1.26 bits per heavy atom. The monoisotopic (exact) mass is 433 g/mol. The van der Waals surface area contributed by atoms with Crippen LogP contribution in [-0.4, -0.2) is 56.9 Å². The van der Waals surface area contributed by atoms with E-state index in [9.17, 15) is 18.8 Å². The number of hydrogen-bond acceptors (Lipinski definition) is 6. The first-order chi connectivity index (χ1) is 14.8. The number of hydrogen-bond donors (Lipinski definition) is 1. The van der Waals surface area contributed by atoms with Gasteiger partial charge in [-0.05, 0) is 44.9 Å². The highest BCUT2D eigenvalue weighted by Crippen LogP contribution is 2.31. The number of anilines is 2. The van der Waals surface area contributed by atoms with Crippen molar-refractivity contribution in [3.8, 4) is 0 Å². The number of nitrogens with one attached hydrogen (secondary N) is 1. The van der Waals surface area contributed by atoms with Gasteiger partial charge in [-0.3, -0.25) is 9.69 Å². The number of carbonyl (C=O) groups is 3. The van der Waals surface area contributed by atoms with Crippen molar-refractivity contribution >= 4 is 29.3 Å². The molecular weight excluding hydrogens is 405 g/mol. The van der Waals surface area contributed by atoms with Gasteiger partial charge in [0, 0.05) is 25.6 Å². The highest BCUT2D eigenvalue weighted by Gasteiger charge is 2.33. The lowest BCUT2D eigenvalue weighted by Crippen LogP contribution is -2.33. The van der Waals surface area contributed by atoms with Gasteiger partial charge in [-0.25, -0.2) is 14.0 Å². The largest absolute Gasteiger partial charge is 0.463 e. The molecule has 0 spiro atoms. The average molecular weight is 433 g/mol. The van der Waals surface area contributed by atoms with E-state index in [1.807, 2.05) is 4.90 Å². The molecule has 2 amide bonds. The van der Waals surface area contributed by atoms with Crippen LogP contribution in [0.5, 0.6) is 0 Å². The SMILES string of the molecule is CCOC(=O)C(C)=C1CCN(c2ccc(N3C[C@H](CNC(C)=O)OC3=O)cc2F)CC1. The van der Waals surface area contributed by atoms with E-state index in [4.69, 9.17) is 9.47 Å². The quantitative estimate of drug-likeness (QED) is 0.548. The molecule has 2 aliphatic rings. The summed E-state index contributed by atoms with van der Waals surface area (Å²) < 4.78 is 25.2. The molecule has 168 valence electrons. The predicted molar refractivity (Wildman–Crippen MR) is 113 cm³/mol. The van der Waals surface area contributed by atoms with Gasteiger partial charge in [-0.2, -0.15) is 0 Å². The Hall–Kier alpha value is -3.10. The van der Waals surface area contributed by atoms with E-state index >= 15 is 0 Å². The number of halogens is 1. The number of ether oxygens (including phenoxy) is 2. The van der Waals surface area contributed by atoms with Crippen LogP contribution in [-0.2, 0) is 19.1 Å². The summed E-state index contributed by atoms with van der Waals surface area (Å²) in [7, 11) is 0. The lowest BCUT2D eigenvalue weighted by atomic mass is 9.98. The van der Waals surface area contributed by atoms with E-state index in [0.717, 1.165) is 5.57 Å². The molecule has 0 saturated carbocycles. The summed E-state index contributed by atoms with van der Waals surface area (Å²) >= 11 is 0. The molecule has 0 radical (unpaired) electrons. The van der Waals surface area contributed by atoms with Gasteiger partial charge in [-0.15, -0.1) is 0 Å². The standard InChI is InChI=1S/C22H28FN3O5/c1-4-30-21(28)14(2)16-7-9-25(10-8-16)20-6-5-17(11-19(20)23)26-13-18(31-22(26)29)12-24-15(3)27/h5-6,11,18H,4,7-10,12-13H2,1-3H3,(H,24,27)/t18-/m0/s1. The molecule has 0 unspecified atom stereocenters. The van der Waals surface area contributed by atoms with Gasteiger partial charge in [0.2, 0.25) is 5.91 Å². The van der Waals surface area contributed by atoms with Crippen molar-refractivity contribution in [3.63, 3.8) is 0 Å². The second-order valence-electron chi connectivity index (χ2n) is 7.63. The molecule has 31 heavy (non-hydrogen) atoms. The number of benzene rings is 1. The third-order valence-corrected chi connectivity index (χ3v) is 5.52. The molecule has 0 aromatic heterocycles. The summed E-state index contributed by atoms with van der Waals surface area (Å²) in [4.78, 5) is 38.4. The van der Waals surface area contributed by atoms with Gasteiger partial charge in [0.15, 0.2) is 0 Å². The van der Waals surface area contributed by atoms with Crippen molar-refractivity contribution in [2.45, 2.75) is 39.7 Å². The lowest BCUT2D eigenvalue weighted by molar-refractivity contribution is -0.138. The maximum atomic E-state index is 14.9. The van der Waals surface area contributed by atoms with Gasteiger partial charge in [0.05, 0.1) is 31.1 Å². The third kappa shape index (κ3) is 5.34. The summed E-state index contributed by atoms with van der Waals surface area (Å²) in [6.45, 7) is 6.91. The van der Waals surface area contributed by atoms with E-state index < -0.39 is 18.0 Å². The van der Waals surface area contributed by atoms with Gasteiger partial charge in [0.25, 0.3) is 0 Å². The van der Waals surface area contributed by atoms with Crippen LogP contribution in [0.25, 0.3) is 0 Å². The Labute approximate surface area is 181 Å². The topological polar surface area (TPSA) is 88.2 Å². The van der Waals surface area contributed by atoms with Crippen LogP contribution in [0, 0.1) is 5.82 Å². The fourth-order valence-corrected chi connectivity index (χ4v) is 3.79. The Bertz CT molecular complexity index is 891. The Morgan fingerprint density at radius 3 is 2.58 bits per heavy atom. The molecule has 8 nitrogen and oxygen atoms in total. The summed E-state index contributed by atoms with van der Waals surface area (Å²) in [6.07, 6.45) is 0.281. The second kappa shape index (κ2) is 9.80. The van der Waals surface area contributed by atoms with Gasteiger partial charge in [0.1, 0.15) is 11.9 Å². The van der Waals surface area contributed by atoms with Crippen LogP contribution >= 0.6 is 0 Å². The minimum atomic E-state index is -0.565. The van der Waals surface area contributed by atoms with Crippen molar-refractivity contribution in [2.75, 3.05) is 42.6 Å². The summed E-state index contributed by atoms with van der Waals surface area (Å²) in [6, 6.07) is 4.67. The van der Waals surface area contributed by atoms with Crippen molar-refractivity contribution in [2.24, 2.45) is 0 Å². The van der Waals surface area contributed by atoms with Crippen LogP contribution in [0.15, 0.2) is 29.3 Å². The number of carbonyl (C=O) groups excluding carboxylic acids is 3. The highest BCUT2D eigenvalue weighted by molar-refractivity contribution is 5.90. The average Bonchev–Trinajstić information content (AvgIpc) is 3.12. The molecule has 2 heterocycles. The maximum absolute atomic E-state index is 14.9. The van der Waals surface area contributed by atoms with Crippen LogP contribution in [0.2, 0.25) is 0 Å². The molecule has 1 aromatic carbocycles. The van der Waals surface area contributed by atoms with E-state index in [1.54, 1.807) is 26.0 Å². The van der Waals surface area contributed by atoms with Crippen LogP contribution in [0.3, 0.4) is 0 Å². The van der Waals surface area contributed by atoms with Gasteiger partial charge >= 0.3 is 12.1 Å². The number of rotatable bonds is 6. The molecule has 2 saturated heterocycles. The molecule has 3 rings (SSSR count). The number of esters is 1. The lowest BCUT2D eigenvalue weighted by Gasteiger charge is -2.31. The van der Waals surface area contributed by atoms with Crippen LogP contribution in [0.4, 0.5) is 20.6 Å². The molecule has 0 aliphatic carbocycles. The van der Waals surface area contributed by atoms with E-state index in [1.165, 1.54) is 17.9 Å². The molecule has 2 fully saturated rings. The molecule has 1 atom stereocenters. The smallest absolute Gasteiger partial charge is 0.414 e. The van der Waals surface area contributed by atoms with Crippen molar-refractivity contribution in [1.29, 1.82) is 0 Å². The summed E-state index contributed by atoms with van der Waals surface area (Å²) in [5.41, 5.74) is 2.54. The van der Waals surface area contributed by atoms with Crippen LogP contribution in [0.1, 0.15) is 33.6 Å². The first kappa shape index (κ1) is 22.6. The van der Waals surface area contributed by atoms with E-state index in [-0.39, 0.29) is 25.0 Å². The first-order valence-corrected chi connectivity index (χ1v) is 10.4. The minimum absolute atomic E-state index is 0.207. The molecular formula is C22H28FN3O5. The third-order valence-electron chi connectivity index (χ3n) is 5.52. The summed E-state index contributed by atoms with van der Waals surface area (Å²) in [5.74, 6) is -0.928. The second-order valence-corrected chi connectivity index (χ2v) is 7.63. The molecule has 1 aromatic rings. The number of piperidine rings is 1. The van der Waals surface area contributed by atoms with E-state index in [0.29, 0.717) is 49.5 Å². The fourth-order valence-electron chi connectivity index (χ4n) is 3.79. The molecule has 2 aliphatic heterocycles. The zero-order valence-electron chi connectivity index (χ0n) is 18.1. The number of amides is 2. The molecule has 9 heteroatoms. The maximum Gasteiger partial charge on any atom is 0.414 e. The first-order valence-electron chi connectivity index (χ1n) is 10.4. The number of nitrogens with zero attached hydrogens (tertiary/aromatic N) is 2. The van der Waals surface area contributed by atoms with Crippen molar-refractivity contribution in [3.05, 3.63) is 35.2 Å².